The highest BCUT2D eigenvalue weighted by Crippen LogP contribution is 2.16. The predicted molar refractivity (Wildman–Crippen MR) is 54.3 cm³/mol. The van der Waals surface area contributed by atoms with Crippen LogP contribution in [0, 0.1) is 5.41 Å². The van der Waals surface area contributed by atoms with E-state index in [2.05, 4.69) is 0 Å². The zero-order valence-electron chi connectivity index (χ0n) is 8.78. The van der Waals surface area contributed by atoms with E-state index in [0.717, 1.165) is 6.29 Å². The molecule has 0 saturated heterocycles. The molecule has 0 amide bonds. The Morgan fingerprint density at radius 1 is 1.50 bits per heavy atom. The molecule has 0 N–H and O–H groups in total. The van der Waals surface area contributed by atoms with Gasteiger partial charge in [-0.1, -0.05) is 20.8 Å². The van der Waals surface area contributed by atoms with Gasteiger partial charge < -0.3 is 4.57 Å². The lowest BCUT2D eigenvalue weighted by molar-refractivity contribution is -0.126. The summed E-state index contributed by atoms with van der Waals surface area (Å²) in [5.74, 6) is 0.122. The molecule has 0 aliphatic heterocycles. The topological polar surface area (TPSA) is 39.1 Å². The first-order chi connectivity index (χ1) is 6.45. The second-order valence-electron chi connectivity index (χ2n) is 4.35. The molecular formula is C11H15NO2. The largest absolute Gasteiger partial charge is 0.338 e. The van der Waals surface area contributed by atoms with Crippen LogP contribution in [0.25, 0.3) is 0 Å². The summed E-state index contributed by atoms with van der Waals surface area (Å²) in [6.45, 7) is 5.89. The van der Waals surface area contributed by atoms with E-state index in [9.17, 15) is 9.59 Å². The Morgan fingerprint density at radius 3 is 2.64 bits per heavy atom. The monoisotopic (exact) mass is 193 g/mol. The van der Waals surface area contributed by atoms with Crippen molar-refractivity contribution in [3.63, 3.8) is 0 Å². The highest BCUT2D eigenvalue weighted by atomic mass is 16.1. The van der Waals surface area contributed by atoms with Gasteiger partial charge in [0.1, 0.15) is 0 Å². The summed E-state index contributed by atoms with van der Waals surface area (Å²) < 4.78 is 1.67. The molecule has 0 fully saturated rings. The van der Waals surface area contributed by atoms with Gasteiger partial charge in [-0.2, -0.15) is 0 Å². The fourth-order valence-electron chi connectivity index (χ4n) is 1.07. The van der Waals surface area contributed by atoms with Gasteiger partial charge >= 0.3 is 0 Å². The highest BCUT2D eigenvalue weighted by molar-refractivity contribution is 5.84. The molecule has 76 valence electrons. The number of rotatable bonds is 3. The number of hydrogen-bond donors (Lipinski definition) is 0. The van der Waals surface area contributed by atoms with Gasteiger partial charge in [0.15, 0.2) is 12.1 Å². The molecule has 0 bridgehead atoms. The first-order valence-electron chi connectivity index (χ1n) is 4.59. The number of aromatic nitrogens is 1. The lowest BCUT2D eigenvalue weighted by Crippen LogP contribution is -2.25. The van der Waals surface area contributed by atoms with Gasteiger partial charge in [0.2, 0.25) is 0 Å². The molecule has 0 aliphatic rings. The van der Waals surface area contributed by atoms with Gasteiger partial charge in [-0.05, 0) is 12.1 Å². The Labute approximate surface area is 83.7 Å². The van der Waals surface area contributed by atoms with Crippen LogP contribution in [0.15, 0.2) is 18.3 Å². The van der Waals surface area contributed by atoms with Crippen molar-refractivity contribution >= 4 is 12.1 Å². The zero-order chi connectivity index (χ0) is 10.8. The molecule has 0 aliphatic carbocycles. The van der Waals surface area contributed by atoms with E-state index < -0.39 is 0 Å². The third-order valence-electron chi connectivity index (χ3n) is 2.14. The van der Waals surface area contributed by atoms with E-state index >= 15 is 0 Å². The number of ketones is 1. The smallest absolute Gasteiger partial charge is 0.166 e. The first-order valence-corrected chi connectivity index (χ1v) is 4.59. The minimum absolute atomic E-state index is 0.122. The van der Waals surface area contributed by atoms with E-state index in [1.165, 1.54) is 0 Å². The van der Waals surface area contributed by atoms with Crippen LogP contribution in [-0.4, -0.2) is 16.6 Å². The fourth-order valence-corrected chi connectivity index (χ4v) is 1.07. The van der Waals surface area contributed by atoms with Crippen molar-refractivity contribution < 1.29 is 9.59 Å². The Hall–Kier alpha value is -1.38. The Balaban J connectivity index is 2.79. The normalized spacial score (nSPS) is 11.4. The van der Waals surface area contributed by atoms with Crippen molar-refractivity contribution in [2.75, 3.05) is 0 Å². The van der Waals surface area contributed by atoms with Crippen LogP contribution in [0.1, 0.15) is 31.3 Å². The number of carbonyl (C=O) groups excluding carboxylic acids is 2. The summed E-state index contributed by atoms with van der Waals surface area (Å²) in [4.78, 5) is 22.3. The van der Waals surface area contributed by atoms with Crippen LogP contribution in [-0.2, 0) is 11.3 Å². The van der Waals surface area contributed by atoms with Crippen molar-refractivity contribution in [3.8, 4) is 0 Å². The predicted octanol–water partition coefficient (Wildman–Crippen LogP) is 1.92. The number of Topliss-reactive ketones (excluding diaryl/α,β-unsaturated/α-hetero) is 1. The lowest BCUT2D eigenvalue weighted by Gasteiger charge is -2.17. The van der Waals surface area contributed by atoms with Gasteiger partial charge in [0.05, 0.1) is 12.2 Å². The summed E-state index contributed by atoms with van der Waals surface area (Å²) in [6.07, 6.45) is 2.50. The maximum atomic E-state index is 11.7. The quantitative estimate of drug-likeness (QED) is 0.688. The summed E-state index contributed by atoms with van der Waals surface area (Å²) >= 11 is 0. The summed E-state index contributed by atoms with van der Waals surface area (Å²) in [7, 11) is 0. The van der Waals surface area contributed by atoms with Crippen LogP contribution < -0.4 is 0 Å². The molecule has 3 heteroatoms. The number of aldehydes is 1. The van der Waals surface area contributed by atoms with E-state index in [-0.39, 0.29) is 17.7 Å². The van der Waals surface area contributed by atoms with Crippen LogP contribution in [0.4, 0.5) is 0 Å². The van der Waals surface area contributed by atoms with Crippen molar-refractivity contribution in [2.24, 2.45) is 5.41 Å². The van der Waals surface area contributed by atoms with Crippen LogP contribution in [0.3, 0.4) is 0 Å². The molecular weight excluding hydrogens is 178 g/mol. The number of hydrogen-bond acceptors (Lipinski definition) is 2. The Kier molecular flexibility index (Phi) is 2.89. The second-order valence-corrected chi connectivity index (χ2v) is 4.35. The van der Waals surface area contributed by atoms with E-state index in [0.29, 0.717) is 5.69 Å². The van der Waals surface area contributed by atoms with Gasteiger partial charge in [-0.3, -0.25) is 9.59 Å². The molecule has 1 heterocycles. The van der Waals surface area contributed by atoms with Crippen molar-refractivity contribution in [1.29, 1.82) is 0 Å². The van der Waals surface area contributed by atoms with Crippen molar-refractivity contribution in [3.05, 3.63) is 24.0 Å². The minimum Gasteiger partial charge on any atom is -0.338 e. The maximum absolute atomic E-state index is 11.7. The molecule has 3 nitrogen and oxygen atoms in total. The standard InChI is InChI=1S/C11H15NO2/c1-11(2,3)10(14)7-12-6-4-5-9(12)8-13/h4-6,8H,7H2,1-3H3. The molecule has 0 radical (unpaired) electrons. The molecule has 14 heavy (non-hydrogen) atoms. The third kappa shape index (κ3) is 2.31. The molecule has 1 aromatic heterocycles. The molecule has 0 unspecified atom stereocenters. The summed E-state index contributed by atoms with van der Waals surface area (Å²) in [5.41, 5.74) is 0.187. The first kappa shape index (κ1) is 10.7. The third-order valence-corrected chi connectivity index (χ3v) is 2.14. The molecule has 1 aromatic rings. The van der Waals surface area contributed by atoms with Crippen molar-refractivity contribution in [1.82, 2.24) is 4.57 Å². The number of carbonyl (C=O) groups is 2. The minimum atomic E-state index is -0.357. The van der Waals surface area contributed by atoms with E-state index in [4.69, 9.17) is 0 Å². The molecule has 0 aromatic carbocycles. The van der Waals surface area contributed by atoms with Gasteiger partial charge in [0, 0.05) is 11.6 Å². The van der Waals surface area contributed by atoms with Crippen LogP contribution >= 0.6 is 0 Å². The molecule has 0 atom stereocenters. The molecule has 1 rings (SSSR count). The fraction of sp³-hybridized carbons (Fsp3) is 0.455. The number of nitrogens with zero attached hydrogens (tertiary/aromatic N) is 1. The van der Waals surface area contributed by atoms with Crippen LogP contribution in [0.2, 0.25) is 0 Å². The van der Waals surface area contributed by atoms with Crippen LogP contribution in [0.5, 0.6) is 0 Å². The maximum Gasteiger partial charge on any atom is 0.166 e. The SMILES string of the molecule is CC(C)(C)C(=O)Cn1cccc1C=O. The average molecular weight is 193 g/mol. The second kappa shape index (κ2) is 3.78. The Morgan fingerprint density at radius 2 is 2.14 bits per heavy atom. The molecule has 0 saturated carbocycles. The van der Waals surface area contributed by atoms with E-state index in [1.807, 2.05) is 20.8 Å². The van der Waals surface area contributed by atoms with Crippen molar-refractivity contribution in [2.45, 2.75) is 27.3 Å². The summed E-state index contributed by atoms with van der Waals surface area (Å²) in [5, 5.41) is 0. The van der Waals surface area contributed by atoms with Gasteiger partial charge in [-0.15, -0.1) is 0 Å². The zero-order valence-corrected chi connectivity index (χ0v) is 8.78. The Bertz CT molecular complexity index is 344. The lowest BCUT2D eigenvalue weighted by atomic mass is 9.91. The summed E-state index contributed by atoms with van der Waals surface area (Å²) in [6, 6.07) is 3.46. The van der Waals surface area contributed by atoms with Gasteiger partial charge in [0.25, 0.3) is 0 Å². The average Bonchev–Trinajstić information content (AvgIpc) is 2.50. The molecule has 0 spiro atoms. The van der Waals surface area contributed by atoms with E-state index in [1.54, 1.807) is 22.9 Å². The van der Waals surface area contributed by atoms with Gasteiger partial charge in [-0.25, -0.2) is 0 Å². The highest BCUT2D eigenvalue weighted by Gasteiger charge is 2.21.